The van der Waals surface area contributed by atoms with E-state index in [9.17, 15) is 0 Å². The maximum Gasteiger partial charge on any atom is 0.193 e. The van der Waals surface area contributed by atoms with E-state index in [-0.39, 0.29) is 0 Å². The largest absolute Gasteiger partial charge is 0.269 e. The second-order valence-corrected chi connectivity index (χ2v) is 4.53. The average molecular weight is 290 g/mol. The molecular weight excluding hydrogens is 282 g/mol. The Morgan fingerprint density at radius 2 is 1.74 bits per heavy atom. The summed E-state index contributed by atoms with van der Waals surface area (Å²) in [4.78, 5) is 7.95. The predicted molar refractivity (Wildman–Crippen MR) is 74.6 cm³/mol. The van der Waals surface area contributed by atoms with Gasteiger partial charge in [0, 0.05) is 30.4 Å². The van der Waals surface area contributed by atoms with Crippen LogP contribution in [0.15, 0.2) is 48.1 Å². The fourth-order valence-corrected chi connectivity index (χ4v) is 2.19. The maximum absolute atomic E-state index is 6.16. The molecule has 94 valence electrons. The Morgan fingerprint density at radius 3 is 2.47 bits per heavy atom. The standard InChI is InChI=1S/C12H8ClN5S/c13-9-7-15-6-3-10(9)18-11(16-17-12(18)19)8-1-4-14-5-2-8/h1-7H,(H,17,19). The zero-order valence-electron chi connectivity index (χ0n) is 9.60. The van der Waals surface area contributed by atoms with Gasteiger partial charge in [0.05, 0.1) is 10.7 Å². The Morgan fingerprint density at radius 1 is 1.00 bits per heavy atom. The predicted octanol–water partition coefficient (Wildman–Crippen LogP) is 2.67. The van der Waals surface area contributed by atoms with Crippen molar-refractivity contribution in [2.24, 2.45) is 0 Å². The van der Waals surface area contributed by atoms with Gasteiger partial charge in [-0.15, -0.1) is 22.8 Å². The van der Waals surface area contributed by atoms with Crippen LogP contribution in [0.4, 0.5) is 0 Å². The Balaban J connectivity index is 2.23. The highest BCUT2D eigenvalue weighted by Crippen LogP contribution is 2.27. The summed E-state index contributed by atoms with van der Waals surface area (Å²) in [6, 6.07) is 5.49. The number of aromatic nitrogens is 5. The van der Waals surface area contributed by atoms with E-state index in [2.05, 4.69) is 32.8 Å². The summed E-state index contributed by atoms with van der Waals surface area (Å²) in [5, 5.41) is 9.09. The Labute approximate surface area is 119 Å². The van der Waals surface area contributed by atoms with Gasteiger partial charge >= 0.3 is 0 Å². The van der Waals surface area contributed by atoms with Crippen molar-refractivity contribution < 1.29 is 0 Å². The molecule has 0 radical (unpaired) electrons. The summed E-state index contributed by atoms with van der Waals surface area (Å²) in [5.74, 6) is 0.653. The Kier molecular flexibility index (Phi) is 3.18. The first-order valence-electron chi connectivity index (χ1n) is 5.42. The van der Waals surface area contributed by atoms with Gasteiger partial charge in [0.15, 0.2) is 11.0 Å². The van der Waals surface area contributed by atoms with Crippen molar-refractivity contribution in [1.82, 2.24) is 24.7 Å². The molecule has 0 spiro atoms. The van der Waals surface area contributed by atoms with Crippen LogP contribution in [-0.2, 0) is 0 Å². The van der Waals surface area contributed by atoms with Gasteiger partial charge in [0.25, 0.3) is 0 Å². The first kappa shape index (κ1) is 12.1. The molecular formula is C12H8ClN5S. The van der Waals surface area contributed by atoms with E-state index in [4.69, 9.17) is 11.6 Å². The highest BCUT2D eigenvalue weighted by molar-refractivity contribution is 7.80. The molecule has 3 aromatic rings. The zero-order chi connectivity index (χ0) is 13.2. The minimum atomic E-state index is 0.458. The third-order valence-electron chi connectivity index (χ3n) is 2.58. The summed E-state index contributed by atoms with van der Waals surface area (Å²) >= 11 is 10.5. The fourth-order valence-electron chi connectivity index (χ4n) is 1.74. The number of pyridine rings is 2. The molecule has 0 aromatic carbocycles. The Bertz CT molecular complexity index is 713. The minimum Gasteiger partial charge on any atom is -0.269 e. The molecule has 5 nitrogen and oxygen atoms in total. The summed E-state index contributed by atoms with van der Waals surface area (Å²) in [5.41, 5.74) is 1.62. The topological polar surface area (TPSA) is 56.5 Å². The molecule has 0 aliphatic carbocycles. The molecule has 0 atom stereocenters. The summed E-state index contributed by atoms with van der Waals surface area (Å²) in [6.07, 6.45) is 6.62. The van der Waals surface area contributed by atoms with E-state index in [0.717, 1.165) is 11.3 Å². The smallest absolute Gasteiger partial charge is 0.193 e. The number of nitrogens with zero attached hydrogens (tertiary/aromatic N) is 5. The van der Waals surface area contributed by atoms with Crippen molar-refractivity contribution in [3.63, 3.8) is 0 Å². The van der Waals surface area contributed by atoms with Crippen molar-refractivity contribution >= 4 is 24.2 Å². The second kappa shape index (κ2) is 4.99. The minimum absolute atomic E-state index is 0.458. The molecule has 3 aromatic heterocycles. The number of thiol groups is 1. The van der Waals surface area contributed by atoms with Crippen molar-refractivity contribution in [2.75, 3.05) is 0 Å². The molecule has 0 saturated carbocycles. The molecule has 3 rings (SSSR count). The number of hydrogen-bond donors (Lipinski definition) is 1. The van der Waals surface area contributed by atoms with E-state index in [0.29, 0.717) is 16.0 Å². The van der Waals surface area contributed by atoms with Gasteiger partial charge in [-0.1, -0.05) is 11.6 Å². The molecule has 3 heterocycles. The summed E-state index contributed by atoms with van der Waals surface area (Å²) in [7, 11) is 0. The highest BCUT2D eigenvalue weighted by Gasteiger charge is 2.15. The number of rotatable bonds is 2. The molecule has 0 aliphatic rings. The van der Waals surface area contributed by atoms with E-state index in [1.807, 2.05) is 12.1 Å². The lowest BCUT2D eigenvalue weighted by Crippen LogP contribution is -1.99. The van der Waals surface area contributed by atoms with Crippen molar-refractivity contribution in [3.8, 4) is 17.1 Å². The number of halogens is 1. The van der Waals surface area contributed by atoms with Crippen LogP contribution in [0.3, 0.4) is 0 Å². The monoisotopic (exact) mass is 289 g/mol. The molecule has 7 heteroatoms. The normalized spacial score (nSPS) is 10.6. The summed E-state index contributed by atoms with van der Waals surface area (Å²) < 4.78 is 1.77. The first-order valence-corrected chi connectivity index (χ1v) is 6.24. The van der Waals surface area contributed by atoms with Gasteiger partial charge < -0.3 is 0 Å². The van der Waals surface area contributed by atoms with Gasteiger partial charge in [-0.05, 0) is 18.2 Å². The van der Waals surface area contributed by atoms with E-state index in [1.165, 1.54) is 0 Å². The summed E-state index contributed by atoms with van der Waals surface area (Å²) in [6.45, 7) is 0. The van der Waals surface area contributed by atoms with Crippen LogP contribution in [-0.4, -0.2) is 24.7 Å². The van der Waals surface area contributed by atoms with Crippen LogP contribution >= 0.6 is 24.2 Å². The third-order valence-corrected chi connectivity index (χ3v) is 3.16. The zero-order valence-corrected chi connectivity index (χ0v) is 11.3. The van der Waals surface area contributed by atoms with Crippen LogP contribution in [0.2, 0.25) is 5.02 Å². The van der Waals surface area contributed by atoms with E-state index in [1.54, 1.807) is 35.4 Å². The van der Waals surface area contributed by atoms with Crippen LogP contribution in [0, 0.1) is 0 Å². The van der Waals surface area contributed by atoms with Gasteiger partial charge in [0.2, 0.25) is 0 Å². The molecule has 0 amide bonds. The highest BCUT2D eigenvalue weighted by atomic mass is 35.5. The fraction of sp³-hybridized carbons (Fsp3) is 0. The second-order valence-electron chi connectivity index (χ2n) is 3.72. The molecule has 0 saturated heterocycles. The Hall–Kier alpha value is -1.92. The van der Waals surface area contributed by atoms with Gasteiger partial charge in [-0.2, -0.15) is 0 Å². The number of hydrogen-bond acceptors (Lipinski definition) is 5. The third kappa shape index (κ3) is 2.20. The van der Waals surface area contributed by atoms with Gasteiger partial charge in [-0.25, -0.2) is 0 Å². The lowest BCUT2D eigenvalue weighted by Gasteiger charge is -2.09. The van der Waals surface area contributed by atoms with Gasteiger partial charge in [0.1, 0.15) is 0 Å². The van der Waals surface area contributed by atoms with Crippen molar-refractivity contribution in [2.45, 2.75) is 5.16 Å². The molecule has 0 aliphatic heterocycles. The lowest BCUT2D eigenvalue weighted by molar-refractivity contribution is 0.890. The maximum atomic E-state index is 6.16. The molecule has 19 heavy (non-hydrogen) atoms. The van der Waals surface area contributed by atoms with Crippen molar-refractivity contribution in [1.29, 1.82) is 0 Å². The van der Waals surface area contributed by atoms with E-state index >= 15 is 0 Å². The van der Waals surface area contributed by atoms with E-state index < -0.39 is 0 Å². The average Bonchev–Trinajstić information content (AvgIpc) is 2.82. The first-order chi connectivity index (χ1) is 9.27. The van der Waals surface area contributed by atoms with Crippen LogP contribution < -0.4 is 0 Å². The quantitative estimate of drug-likeness (QED) is 0.737. The molecule has 0 bridgehead atoms. The SMILES string of the molecule is Sc1nnc(-c2ccncc2)n1-c1ccncc1Cl. The molecule has 0 N–H and O–H groups in total. The lowest BCUT2D eigenvalue weighted by atomic mass is 10.2. The van der Waals surface area contributed by atoms with Crippen LogP contribution in [0.25, 0.3) is 17.1 Å². The van der Waals surface area contributed by atoms with Crippen LogP contribution in [0.1, 0.15) is 0 Å². The van der Waals surface area contributed by atoms with Crippen LogP contribution in [0.5, 0.6) is 0 Å². The molecule has 0 fully saturated rings. The molecule has 0 unspecified atom stereocenters. The van der Waals surface area contributed by atoms with Gasteiger partial charge in [-0.3, -0.25) is 14.5 Å². The van der Waals surface area contributed by atoms with Crippen molar-refractivity contribution in [3.05, 3.63) is 48.0 Å².